The van der Waals surface area contributed by atoms with Gasteiger partial charge in [-0.25, -0.2) is 14.8 Å². The molecular formula is C31H32F3N5O3. The summed E-state index contributed by atoms with van der Waals surface area (Å²) in [7, 11) is 1.60. The first-order valence-corrected chi connectivity index (χ1v) is 13.7. The molecule has 2 aliphatic heterocycles. The lowest BCUT2D eigenvalue weighted by atomic mass is 9.98. The van der Waals surface area contributed by atoms with E-state index in [9.17, 15) is 27.6 Å². The Morgan fingerprint density at radius 3 is 2.24 bits per heavy atom. The third-order valence-corrected chi connectivity index (χ3v) is 7.67. The number of aryl methyl sites for hydroxylation is 1. The Morgan fingerprint density at radius 2 is 1.60 bits per heavy atom. The number of hydrazine groups is 1. The summed E-state index contributed by atoms with van der Waals surface area (Å²) < 4.78 is 39.1. The van der Waals surface area contributed by atoms with Crippen molar-refractivity contribution in [1.29, 1.82) is 0 Å². The van der Waals surface area contributed by atoms with Crippen molar-refractivity contribution in [2.45, 2.75) is 38.1 Å². The topological polar surface area (TPSA) is 76.2 Å². The lowest BCUT2D eigenvalue weighted by Gasteiger charge is -2.54. The summed E-state index contributed by atoms with van der Waals surface area (Å²) in [5, 5.41) is 5.52. The van der Waals surface area contributed by atoms with Crippen LogP contribution in [0.5, 0.6) is 0 Å². The lowest BCUT2D eigenvalue weighted by molar-refractivity contribution is -0.186. The minimum atomic E-state index is -4.50. The molecule has 1 N–H and O–H groups in total. The number of anilines is 1. The average molecular weight is 580 g/mol. The number of nitrogens with zero attached hydrogens (tertiary/aromatic N) is 4. The summed E-state index contributed by atoms with van der Waals surface area (Å²) in [4.78, 5) is 44.1. The molecule has 220 valence electrons. The second-order valence-electron chi connectivity index (χ2n) is 10.7. The summed E-state index contributed by atoms with van der Waals surface area (Å²) >= 11 is 0. The third kappa shape index (κ3) is 6.25. The van der Waals surface area contributed by atoms with E-state index in [1.54, 1.807) is 11.9 Å². The predicted octanol–water partition coefficient (Wildman–Crippen LogP) is 4.56. The first-order chi connectivity index (χ1) is 20.0. The molecule has 2 unspecified atom stereocenters. The largest absolute Gasteiger partial charge is 0.416 e. The molecule has 2 fully saturated rings. The van der Waals surface area contributed by atoms with Gasteiger partial charge in [-0.3, -0.25) is 9.59 Å². The molecule has 4 amide bonds. The zero-order valence-electron chi connectivity index (χ0n) is 23.3. The van der Waals surface area contributed by atoms with Gasteiger partial charge in [0.05, 0.1) is 18.7 Å². The number of carbonyl (C=O) groups excluding carboxylic acids is 3. The zero-order valence-corrected chi connectivity index (χ0v) is 23.3. The number of alkyl halides is 3. The SMILES string of the molecule is Cc1ccc(CC2C(=O)N(CCc3ccccc3)CC3N2C(=O)CN(C)N3C(=O)Nc2ccc(C(F)(F)F)cc2)cc1. The van der Waals surface area contributed by atoms with Crippen LogP contribution in [0.1, 0.15) is 22.3 Å². The average Bonchev–Trinajstić information content (AvgIpc) is 2.95. The molecule has 8 nitrogen and oxygen atoms in total. The predicted molar refractivity (Wildman–Crippen MR) is 151 cm³/mol. The molecule has 2 heterocycles. The van der Waals surface area contributed by atoms with Crippen LogP contribution in [0.2, 0.25) is 0 Å². The number of benzene rings is 3. The minimum absolute atomic E-state index is 0.0899. The fraction of sp³-hybridized carbons (Fsp3) is 0.323. The van der Waals surface area contributed by atoms with Gasteiger partial charge in [0.25, 0.3) is 0 Å². The molecule has 42 heavy (non-hydrogen) atoms. The van der Waals surface area contributed by atoms with Gasteiger partial charge in [-0.05, 0) is 48.7 Å². The molecule has 3 aromatic carbocycles. The van der Waals surface area contributed by atoms with Crippen molar-refractivity contribution in [3.05, 3.63) is 101 Å². The molecule has 0 radical (unpaired) electrons. The van der Waals surface area contributed by atoms with Crippen molar-refractivity contribution < 1.29 is 27.6 Å². The van der Waals surface area contributed by atoms with Crippen molar-refractivity contribution in [1.82, 2.24) is 19.8 Å². The van der Waals surface area contributed by atoms with Crippen molar-refractivity contribution in [3.8, 4) is 0 Å². The van der Waals surface area contributed by atoms with E-state index in [0.717, 1.165) is 28.8 Å². The number of fused-ring (bicyclic) bond motifs is 1. The number of carbonyl (C=O) groups is 3. The van der Waals surface area contributed by atoms with Gasteiger partial charge < -0.3 is 15.1 Å². The highest BCUT2D eigenvalue weighted by molar-refractivity contribution is 5.94. The number of likely N-dealkylation sites (N-methyl/N-ethyl adjacent to an activating group) is 1. The first-order valence-electron chi connectivity index (χ1n) is 13.7. The maximum Gasteiger partial charge on any atom is 0.416 e. The second-order valence-corrected chi connectivity index (χ2v) is 10.7. The van der Waals surface area contributed by atoms with Gasteiger partial charge in [0, 0.05) is 25.7 Å². The van der Waals surface area contributed by atoms with Crippen molar-refractivity contribution in [3.63, 3.8) is 0 Å². The van der Waals surface area contributed by atoms with Gasteiger partial charge in [-0.2, -0.15) is 13.2 Å². The number of amides is 4. The Balaban J connectivity index is 1.43. The fourth-order valence-electron chi connectivity index (χ4n) is 5.49. The van der Waals surface area contributed by atoms with Gasteiger partial charge >= 0.3 is 12.2 Å². The Labute approximate surface area is 242 Å². The van der Waals surface area contributed by atoms with Crippen LogP contribution in [-0.2, 0) is 28.6 Å². The molecule has 0 spiro atoms. The molecule has 3 aromatic rings. The van der Waals surface area contributed by atoms with Crippen LogP contribution in [-0.4, -0.2) is 76.6 Å². The van der Waals surface area contributed by atoms with E-state index in [1.807, 2.05) is 61.5 Å². The Bertz CT molecular complexity index is 1430. The van der Waals surface area contributed by atoms with Crippen LogP contribution in [0.4, 0.5) is 23.7 Å². The van der Waals surface area contributed by atoms with Crippen molar-refractivity contribution >= 4 is 23.5 Å². The molecule has 0 aromatic heterocycles. The second kappa shape index (κ2) is 11.8. The fourth-order valence-corrected chi connectivity index (χ4v) is 5.49. The van der Waals surface area contributed by atoms with E-state index in [4.69, 9.17) is 0 Å². The van der Waals surface area contributed by atoms with E-state index in [1.165, 1.54) is 27.1 Å². The Morgan fingerprint density at radius 1 is 0.929 bits per heavy atom. The number of halogens is 3. The summed E-state index contributed by atoms with van der Waals surface area (Å²) in [5.74, 6) is -0.474. The summed E-state index contributed by atoms with van der Waals surface area (Å²) in [5.41, 5.74) is 2.35. The highest BCUT2D eigenvalue weighted by atomic mass is 19.4. The summed E-state index contributed by atoms with van der Waals surface area (Å²) in [6.07, 6.45) is -4.44. The first kappa shape index (κ1) is 29.1. The Hall–Kier alpha value is -4.38. The lowest BCUT2D eigenvalue weighted by Crippen LogP contribution is -2.76. The number of nitrogens with one attached hydrogen (secondary N) is 1. The highest BCUT2D eigenvalue weighted by Crippen LogP contribution is 2.31. The van der Waals surface area contributed by atoms with Crippen LogP contribution in [0.15, 0.2) is 78.9 Å². The van der Waals surface area contributed by atoms with Crippen LogP contribution in [0, 0.1) is 6.92 Å². The maximum absolute atomic E-state index is 13.9. The number of rotatable bonds is 6. The minimum Gasteiger partial charge on any atom is -0.337 e. The van der Waals surface area contributed by atoms with Gasteiger partial charge in [0.2, 0.25) is 11.8 Å². The molecule has 0 bridgehead atoms. The van der Waals surface area contributed by atoms with Crippen LogP contribution in [0.25, 0.3) is 0 Å². The van der Waals surface area contributed by atoms with Crippen LogP contribution in [0.3, 0.4) is 0 Å². The highest BCUT2D eigenvalue weighted by Gasteiger charge is 2.50. The maximum atomic E-state index is 13.9. The van der Waals surface area contributed by atoms with E-state index in [-0.39, 0.29) is 37.0 Å². The van der Waals surface area contributed by atoms with Gasteiger partial charge in [-0.1, -0.05) is 60.2 Å². The van der Waals surface area contributed by atoms with Gasteiger partial charge in [0.1, 0.15) is 12.2 Å². The summed E-state index contributed by atoms with van der Waals surface area (Å²) in [6.45, 7) is 2.31. The standard InChI is InChI=1S/C31H32F3N5O3/c1-21-8-10-23(11-9-21)18-26-29(41)37(17-16-22-6-4-3-5-7-22)19-27-38(26)28(40)20-36(2)39(27)30(42)35-25-14-12-24(13-15-25)31(32,33)34/h3-15,26-27H,16-20H2,1-2H3,(H,35,42). The van der Waals surface area contributed by atoms with E-state index in [0.29, 0.717) is 13.0 Å². The molecule has 0 aliphatic carbocycles. The quantitative estimate of drug-likeness (QED) is 0.465. The third-order valence-electron chi connectivity index (χ3n) is 7.67. The zero-order chi connectivity index (χ0) is 30.0. The number of hydrogen-bond donors (Lipinski definition) is 1. The van der Waals surface area contributed by atoms with Crippen molar-refractivity contribution in [2.75, 3.05) is 32.0 Å². The molecule has 2 saturated heterocycles. The number of urea groups is 1. The molecule has 2 atom stereocenters. The smallest absolute Gasteiger partial charge is 0.337 e. The van der Waals surface area contributed by atoms with Crippen LogP contribution < -0.4 is 5.32 Å². The summed E-state index contributed by atoms with van der Waals surface area (Å²) in [6, 6.07) is 20.2. The van der Waals surface area contributed by atoms with Crippen LogP contribution >= 0.6 is 0 Å². The van der Waals surface area contributed by atoms with Crippen molar-refractivity contribution in [2.24, 2.45) is 0 Å². The van der Waals surface area contributed by atoms with Gasteiger partial charge in [-0.15, -0.1) is 0 Å². The molecule has 2 aliphatic rings. The normalized spacial score (nSPS) is 19.6. The molecule has 0 saturated carbocycles. The number of hydrogen-bond acceptors (Lipinski definition) is 4. The molecule has 11 heteroatoms. The number of piperazine rings is 1. The monoisotopic (exact) mass is 579 g/mol. The van der Waals surface area contributed by atoms with Gasteiger partial charge in [0.15, 0.2) is 0 Å². The molecule has 5 rings (SSSR count). The van der Waals surface area contributed by atoms with E-state index < -0.39 is 30.0 Å². The Kier molecular flexibility index (Phi) is 8.22. The van der Waals surface area contributed by atoms with E-state index in [2.05, 4.69) is 5.32 Å². The van der Waals surface area contributed by atoms with E-state index >= 15 is 0 Å². The molecular weight excluding hydrogens is 547 g/mol.